The van der Waals surface area contributed by atoms with Crippen molar-refractivity contribution >= 4 is 17.6 Å². The molecule has 1 spiro atoms. The number of hydrogen-bond acceptors (Lipinski definition) is 4. The van der Waals surface area contributed by atoms with Gasteiger partial charge in [0.1, 0.15) is 5.75 Å². The standard InChI is InChI=1S/C21H17NO4/c1-3-12-22-18-7-5-4-6-16(18)21(20(22)24)17(13-19(23)26-21)14-8-10-15(25-2)11-9-14/h1,4-11,17H,12-13H2,2H3/t17-,21+/m0/s1. The number of rotatable bonds is 3. The van der Waals surface area contributed by atoms with Gasteiger partial charge in [0, 0.05) is 11.5 Å². The average molecular weight is 347 g/mol. The van der Waals surface area contributed by atoms with E-state index in [1.54, 1.807) is 7.11 Å². The molecule has 4 rings (SSSR count). The Hall–Kier alpha value is -3.26. The summed E-state index contributed by atoms with van der Waals surface area (Å²) in [6, 6.07) is 14.7. The van der Waals surface area contributed by atoms with Crippen molar-refractivity contribution in [3.8, 4) is 18.1 Å². The zero-order valence-electron chi connectivity index (χ0n) is 14.3. The van der Waals surface area contributed by atoms with Crippen LogP contribution in [-0.2, 0) is 19.9 Å². The SMILES string of the molecule is C#CCN1C(=O)[C@@]2(OC(=O)C[C@H]2c2ccc(OC)cc2)c2ccccc21. The van der Waals surface area contributed by atoms with E-state index in [1.165, 1.54) is 4.90 Å². The van der Waals surface area contributed by atoms with E-state index in [9.17, 15) is 9.59 Å². The Kier molecular flexibility index (Phi) is 3.69. The molecule has 1 saturated heterocycles. The summed E-state index contributed by atoms with van der Waals surface area (Å²) in [4.78, 5) is 27.1. The van der Waals surface area contributed by atoms with Crippen LogP contribution in [0.25, 0.3) is 0 Å². The lowest BCUT2D eigenvalue weighted by Crippen LogP contribution is -2.43. The molecule has 130 valence electrons. The number of amides is 1. The molecule has 0 N–H and O–H groups in total. The number of carbonyl (C=O) groups is 2. The first-order chi connectivity index (χ1) is 12.6. The number of carbonyl (C=O) groups excluding carboxylic acids is 2. The molecule has 26 heavy (non-hydrogen) atoms. The quantitative estimate of drug-likeness (QED) is 0.633. The minimum Gasteiger partial charge on any atom is -0.497 e. The fourth-order valence-electron chi connectivity index (χ4n) is 3.92. The summed E-state index contributed by atoms with van der Waals surface area (Å²) < 4.78 is 10.9. The topological polar surface area (TPSA) is 55.8 Å². The molecule has 0 saturated carbocycles. The summed E-state index contributed by atoms with van der Waals surface area (Å²) in [7, 11) is 1.59. The third-order valence-corrected chi connectivity index (χ3v) is 5.06. The molecular weight excluding hydrogens is 330 g/mol. The molecule has 2 aromatic carbocycles. The van der Waals surface area contributed by atoms with Crippen LogP contribution in [0.1, 0.15) is 23.5 Å². The van der Waals surface area contributed by atoms with Crippen LogP contribution < -0.4 is 9.64 Å². The minimum atomic E-state index is -1.36. The van der Waals surface area contributed by atoms with Crippen LogP contribution in [0.4, 0.5) is 5.69 Å². The predicted molar refractivity (Wildman–Crippen MR) is 95.8 cm³/mol. The average Bonchev–Trinajstić information content (AvgIpc) is 3.14. The number of methoxy groups -OCH3 is 1. The van der Waals surface area contributed by atoms with Crippen molar-refractivity contribution < 1.29 is 19.1 Å². The predicted octanol–water partition coefficient (Wildman–Crippen LogP) is 2.60. The van der Waals surface area contributed by atoms with E-state index < -0.39 is 17.5 Å². The zero-order chi connectivity index (χ0) is 18.3. The second-order valence-electron chi connectivity index (χ2n) is 6.35. The lowest BCUT2D eigenvalue weighted by Gasteiger charge is -2.28. The van der Waals surface area contributed by atoms with Crippen LogP contribution in [0.3, 0.4) is 0 Å². The van der Waals surface area contributed by atoms with Gasteiger partial charge >= 0.3 is 5.97 Å². The normalized spacial score (nSPS) is 23.7. The van der Waals surface area contributed by atoms with Crippen LogP contribution in [-0.4, -0.2) is 25.5 Å². The van der Waals surface area contributed by atoms with Gasteiger partial charge in [-0.1, -0.05) is 36.3 Å². The van der Waals surface area contributed by atoms with E-state index in [0.29, 0.717) is 17.0 Å². The van der Waals surface area contributed by atoms with E-state index in [1.807, 2.05) is 48.5 Å². The molecule has 2 heterocycles. The van der Waals surface area contributed by atoms with Crippen molar-refractivity contribution in [3.05, 3.63) is 59.7 Å². The third kappa shape index (κ3) is 2.12. The summed E-state index contributed by atoms with van der Waals surface area (Å²) in [5.41, 5.74) is 0.872. The largest absolute Gasteiger partial charge is 0.497 e. The zero-order valence-corrected chi connectivity index (χ0v) is 14.3. The van der Waals surface area contributed by atoms with Crippen molar-refractivity contribution in [1.29, 1.82) is 0 Å². The number of esters is 1. The lowest BCUT2D eigenvalue weighted by molar-refractivity contribution is -0.157. The van der Waals surface area contributed by atoms with E-state index in [0.717, 1.165) is 5.56 Å². The van der Waals surface area contributed by atoms with E-state index >= 15 is 0 Å². The fraction of sp³-hybridized carbons (Fsp3) is 0.238. The van der Waals surface area contributed by atoms with E-state index in [-0.39, 0.29) is 18.9 Å². The Labute approximate surface area is 151 Å². The van der Waals surface area contributed by atoms with E-state index in [4.69, 9.17) is 15.9 Å². The highest BCUT2D eigenvalue weighted by Gasteiger charge is 2.63. The number of ether oxygens (including phenoxy) is 2. The molecule has 0 radical (unpaired) electrons. The first kappa shape index (κ1) is 16.2. The molecule has 0 aliphatic carbocycles. The summed E-state index contributed by atoms with van der Waals surface area (Å²) >= 11 is 0. The van der Waals surface area contributed by atoms with Crippen molar-refractivity contribution in [2.24, 2.45) is 0 Å². The van der Waals surface area contributed by atoms with Crippen molar-refractivity contribution in [3.63, 3.8) is 0 Å². The Morgan fingerprint density at radius 3 is 2.65 bits per heavy atom. The Bertz CT molecular complexity index is 928. The highest BCUT2D eigenvalue weighted by atomic mass is 16.6. The van der Waals surface area contributed by atoms with Crippen LogP contribution in [0.15, 0.2) is 48.5 Å². The molecule has 1 fully saturated rings. The molecule has 0 bridgehead atoms. The van der Waals surface area contributed by atoms with Gasteiger partial charge < -0.3 is 9.47 Å². The smallest absolute Gasteiger partial charge is 0.308 e. The number of nitrogens with zero attached hydrogens (tertiary/aromatic N) is 1. The van der Waals surface area contributed by atoms with Gasteiger partial charge in [-0.3, -0.25) is 14.5 Å². The van der Waals surface area contributed by atoms with Gasteiger partial charge in [0.25, 0.3) is 5.91 Å². The molecule has 2 aliphatic rings. The van der Waals surface area contributed by atoms with Crippen molar-refractivity contribution in [2.45, 2.75) is 17.9 Å². The van der Waals surface area contributed by atoms with Crippen molar-refractivity contribution in [1.82, 2.24) is 0 Å². The number of para-hydroxylation sites is 1. The minimum absolute atomic E-state index is 0.129. The van der Waals surface area contributed by atoms with Gasteiger partial charge in [-0.2, -0.15) is 0 Å². The van der Waals surface area contributed by atoms with Gasteiger partial charge in [0.05, 0.1) is 25.8 Å². The molecule has 2 aliphatic heterocycles. The lowest BCUT2D eigenvalue weighted by atomic mass is 9.78. The molecule has 5 heteroatoms. The van der Waals surface area contributed by atoms with Crippen LogP contribution in [0.5, 0.6) is 5.75 Å². The first-order valence-electron chi connectivity index (χ1n) is 8.32. The molecule has 2 aromatic rings. The molecule has 1 amide bonds. The highest BCUT2D eigenvalue weighted by Crippen LogP contribution is 2.55. The van der Waals surface area contributed by atoms with Gasteiger partial charge in [-0.15, -0.1) is 6.42 Å². The maximum absolute atomic E-state index is 13.4. The molecule has 2 atom stereocenters. The second kappa shape index (κ2) is 5.92. The van der Waals surface area contributed by atoms with Gasteiger partial charge in [0.2, 0.25) is 5.60 Å². The number of terminal acetylenes is 1. The van der Waals surface area contributed by atoms with E-state index in [2.05, 4.69) is 5.92 Å². The Morgan fingerprint density at radius 2 is 1.96 bits per heavy atom. The molecule has 5 nitrogen and oxygen atoms in total. The number of benzene rings is 2. The second-order valence-corrected chi connectivity index (χ2v) is 6.35. The molecular formula is C21H17NO4. The molecule has 0 aromatic heterocycles. The monoisotopic (exact) mass is 347 g/mol. The summed E-state index contributed by atoms with van der Waals surface area (Å²) in [5, 5.41) is 0. The maximum Gasteiger partial charge on any atom is 0.308 e. The third-order valence-electron chi connectivity index (χ3n) is 5.06. The Morgan fingerprint density at radius 1 is 1.23 bits per heavy atom. The van der Waals surface area contributed by atoms with Gasteiger partial charge in [-0.25, -0.2) is 0 Å². The number of anilines is 1. The maximum atomic E-state index is 13.4. The van der Waals surface area contributed by atoms with Crippen molar-refractivity contribution in [2.75, 3.05) is 18.6 Å². The summed E-state index contributed by atoms with van der Waals surface area (Å²) in [6.07, 6.45) is 5.59. The first-order valence-corrected chi connectivity index (χ1v) is 8.32. The number of fused-ring (bicyclic) bond motifs is 2. The van der Waals surface area contributed by atoms with Crippen LogP contribution >= 0.6 is 0 Å². The molecule has 0 unspecified atom stereocenters. The fourth-order valence-corrected chi connectivity index (χ4v) is 3.92. The van der Waals surface area contributed by atoms with Crippen LogP contribution in [0, 0.1) is 12.3 Å². The van der Waals surface area contributed by atoms with Crippen LogP contribution in [0.2, 0.25) is 0 Å². The summed E-state index contributed by atoms with van der Waals surface area (Å²) in [5.74, 6) is 2.12. The Balaban J connectivity index is 1.88. The highest BCUT2D eigenvalue weighted by molar-refractivity contribution is 6.10. The van der Waals surface area contributed by atoms with Gasteiger partial charge in [0.15, 0.2) is 0 Å². The number of hydrogen-bond donors (Lipinski definition) is 0. The van der Waals surface area contributed by atoms with Gasteiger partial charge in [-0.05, 0) is 23.8 Å². The summed E-state index contributed by atoms with van der Waals surface area (Å²) in [6.45, 7) is 0.129.